The van der Waals surface area contributed by atoms with E-state index in [-0.39, 0.29) is 17.8 Å². The van der Waals surface area contributed by atoms with Crippen LogP contribution in [0.25, 0.3) is 0 Å². The lowest BCUT2D eigenvalue weighted by molar-refractivity contribution is 0.242. The zero-order valence-electron chi connectivity index (χ0n) is 13.3. The van der Waals surface area contributed by atoms with Crippen molar-refractivity contribution < 1.29 is 12.9 Å². The Labute approximate surface area is 134 Å². The van der Waals surface area contributed by atoms with Gasteiger partial charge in [-0.2, -0.15) is 4.31 Å². The Morgan fingerprint density at radius 1 is 1.39 bits per heavy atom. The van der Waals surface area contributed by atoms with Gasteiger partial charge in [-0.05, 0) is 21.0 Å². The first kappa shape index (κ1) is 16.1. The number of hydrogen-bond donors (Lipinski definition) is 0. The topological polar surface area (TPSA) is 97.4 Å². The number of sulfonamides is 1. The smallest absolute Gasteiger partial charge is 0.221 e. The SMILES string of the molecule is Cc1cc(CS(=O)(=O)N2C[C@@H](N(C)C)[C@@H](n3ccnn3)C2)on1. The monoisotopic (exact) mass is 340 g/mol. The third-order valence-corrected chi connectivity index (χ3v) is 5.80. The summed E-state index contributed by atoms with van der Waals surface area (Å²) in [4.78, 5) is 2.01. The lowest BCUT2D eigenvalue weighted by Crippen LogP contribution is -2.37. The van der Waals surface area contributed by atoms with E-state index in [1.54, 1.807) is 30.1 Å². The van der Waals surface area contributed by atoms with Gasteiger partial charge in [0.05, 0.1) is 17.9 Å². The van der Waals surface area contributed by atoms with E-state index in [0.717, 1.165) is 0 Å². The van der Waals surface area contributed by atoms with Crippen molar-refractivity contribution in [3.05, 3.63) is 29.9 Å². The van der Waals surface area contributed by atoms with Gasteiger partial charge in [0.1, 0.15) is 5.75 Å². The second-order valence-corrected chi connectivity index (χ2v) is 7.96. The van der Waals surface area contributed by atoms with Crippen LogP contribution >= 0.6 is 0 Å². The number of aryl methyl sites for hydroxylation is 1. The van der Waals surface area contributed by atoms with Crippen LogP contribution in [0.15, 0.2) is 23.0 Å². The normalized spacial score (nSPS) is 23.0. The Morgan fingerprint density at radius 2 is 2.17 bits per heavy atom. The van der Waals surface area contributed by atoms with Gasteiger partial charge in [0.15, 0.2) is 5.76 Å². The molecule has 9 nitrogen and oxygen atoms in total. The van der Waals surface area contributed by atoms with E-state index in [2.05, 4.69) is 15.5 Å². The standard InChI is InChI=1S/C13H20N6O3S/c1-10-6-11(22-15-10)9-23(20,21)18-7-12(17(2)3)13(8-18)19-5-4-14-16-19/h4-6,12-13H,7-9H2,1-3H3/t12-,13+/m1/s1. The van der Waals surface area contributed by atoms with Crippen LogP contribution in [-0.2, 0) is 15.8 Å². The van der Waals surface area contributed by atoms with E-state index < -0.39 is 10.0 Å². The summed E-state index contributed by atoms with van der Waals surface area (Å²) in [5.41, 5.74) is 0.670. The molecule has 2 aromatic heterocycles. The first-order valence-corrected chi connectivity index (χ1v) is 8.90. The highest BCUT2D eigenvalue weighted by Crippen LogP contribution is 2.28. The van der Waals surface area contributed by atoms with Crippen molar-refractivity contribution in [1.82, 2.24) is 29.4 Å². The molecule has 3 heterocycles. The highest BCUT2D eigenvalue weighted by Gasteiger charge is 2.41. The van der Waals surface area contributed by atoms with Gasteiger partial charge >= 0.3 is 0 Å². The zero-order valence-corrected chi connectivity index (χ0v) is 14.1. The highest BCUT2D eigenvalue weighted by atomic mass is 32.2. The molecular weight excluding hydrogens is 320 g/mol. The number of rotatable bonds is 5. The molecule has 1 aliphatic heterocycles. The molecule has 0 N–H and O–H groups in total. The summed E-state index contributed by atoms with van der Waals surface area (Å²) in [7, 11) is 0.391. The quantitative estimate of drug-likeness (QED) is 0.749. The number of hydrogen-bond acceptors (Lipinski definition) is 7. The molecule has 0 bridgehead atoms. The molecule has 2 aromatic rings. The molecule has 1 saturated heterocycles. The van der Waals surface area contributed by atoms with Crippen LogP contribution < -0.4 is 0 Å². The van der Waals surface area contributed by atoms with Crippen LogP contribution in [0.2, 0.25) is 0 Å². The summed E-state index contributed by atoms with van der Waals surface area (Å²) in [6.07, 6.45) is 3.36. The van der Waals surface area contributed by atoms with E-state index in [9.17, 15) is 8.42 Å². The fourth-order valence-electron chi connectivity index (χ4n) is 2.88. The minimum Gasteiger partial charge on any atom is -0.360 e. The molecule has 0 unspecified atom stereocenters. The van der Waals surface area contributed by atoms with Crippen LogP contribution in [0.1, 0.15) is 17.5 Å². The van der Waals surface area contributed by atoms with Crippen molar-refractivity contribution in [1.29, 1.82) is 0 Å². The Hall–Kier alpha value is -1.78. The minimum absolute atomic E-state index is 0.0305. The van der Waals surface area contributed by atoms with Crippen molar-refractivity contribution in [2.75, 3.05) is 27.2 Å². The largest absolute Gasteiger partial charge is 0.360 e. The first-order valence-electron chi connectivity index (χ1n) is 7.29. The predicted molar refractivity (Wildman–Crippen MR) is 82.0 cm³/mol. The minimum atomic E-state index is -3.48. The summed E-state index contributed by atoms with van der Waals surface area (Å²) >= 11 is 0. The predicted octanol–water partition coefficient (Wildman–Crippen LogP) is -0.109. The van der Waals surface area contributed by atoms with E-state index >= 15 is 0 Å². The van der Waals surface area contributed by atoms with Crippen molar-refractivity contribution in [2.45, 2.75) is 24.8 Å². The van der Waals surface area contributed by atoms with Gasteiger partial charge in [0.25, 0.3) is 0 Å². The average molecular weight is 340 g/mol. The van der Waals surface area contributed by atoms with Crippen LogP contribution in [0, 0.1) is 6.92 Å². The van der Waals surface area contributed by atoms with Crippen molar-refractivity contribution in [3.8, 4) is 0 Å². The second kappa shape index (κ2) is 6.02. The molecule has 0 saturated carbocycles. The maximum atomic E-state index is 12.7. The number of likely N-dealkylation sites (N-methyl/N-ethyl adjacent to an activating group) is 1. The first-order chi connectivity index (χ1) is 10.9. The van der Waals surface area contributed by atoms with Gasteiger partial charge in [-0.25, -0.2) is 13.1 Å². The molecule has 126 valence electrons. The van der Waals surface area contributed by atoms with Gasteiger partial charge in [0, 0.05) is 31.4 Å². The van der Waals surface area contributed by atoms with Gasteiger partial charge in [0.2, 0.25) is 10.0 Å². The van der Waals surface area contributed by atoms with Crippen molar-refractivity contribution >= 4 is 10.0 Å². The Morgan fingerprint density at radius 3 is 2.74 bits per heavy atom. The van der Waals surface area contributed by atoms with Crippen LogP contribution in [0.4, 0.5) is 0 Å². The molecule has 3 rings (SSSR count). The third kappa shape index (κ3) is 3.28. The maximum absolute atomic E-state index is 12.7. The molecule has 0 radical (unpaired) electrons. The van der Waals surface area contributed by atoms with Gasteiger partial charge in [-0.1, -0.05) is 10.4 Å². The zero-order chi connectivity index (χ0) is 16.6. The summed E-state index contributed by atoms with van der Waals surface area (Å²) < 4.78 is 33.6. The molecule has 1 aliphatic rings. The van der Waals surface area contributed by atoms with Crippen molar-refractivity contribution in [3.63, 3.8) is 0 Å². The molecule has 23 heavy (non-hydrogen) atoms. The van der Waals surface area contributed by atoms with Crippen LogP contribution in [0.5, 0.6) is 0 Å². The molecule has 0 spiro atoms. The summed E-state index contributed by atoms with van der Waals surface area (Å²) in [5.74, 6) is 0.172. The van der Waals surface area contributed by atoms with Crippen molar-refractivity contribution in [2.24, 2.45) is 0 Å². The average Bonchev–Trinajstić information content (AvgIpc) is 3.16. The Kier molecular flexibility index (Phi) is 4.21. The molecule has 10 heteroatoms. The van der Waals surface area contributed by atoms with E-state index in [4.69, 9.17) is 4.52 Å². The Balaban J connectivity index is 1.80. The van der Waals surface area contributed by atoms with Gasteiger partial charge < -0.3 is 9.42 Å². The summed E-state index contributed by atoms with van der Waals surface area (Å²) in [6, 6.07) is 1.60. The fourth-order valence-corrected chi connectivity index (χ4v) is 4.32. The van der Waals surface area contributed by atoms with Crippen LogP contribution in [-0.4, -0.2) is 71.0 Å². The highest BCUT2D eigenvalue weighted by molar-refractivity contribution is 7.88. The van der Waals surface area contributed by atoms with E-state index in [1.165, 1.54) is 4.31 Å². The summed E-state index contributed by atoms with van der Waals surface area (Å²) in [6.45, 7) is 2.53. The molecule has 0 aliphatic carbocycles. The maximum Gasteiger partial charge on any atom is 0.221 e. The van der Waals surface area contributed by atoms with Gasteiger partial charge in [-0.15, -0.1) is 5.10 Å². The molecular formula is C13H20N6O3S. The molecule has 2 atom stereocenters. The fraction of sp³-hybridized carbons (Fsp3) is 0.615. The van der Waals surface area contributed by atoms with E-state index in [0.29, 0.717) is 24.5 Å². The molecule has 0 amide bonds. The van der Waals surface area contributed by atoms with Crippen LogP contribution in [0.3, 0.4) is 0 Å². The number of aromatic nitrogens is 4. The van der Waals surface area contributed by atoms with Gasteiger partial charge in [-0.3, -0.25) is 0 Å². The number of nitrogens with zero attached hydrogens (tertiary/aromatic N) is 6. The second-order valence-electron chi connectivity index (χ2n) is 5.99. The summed E-state index contributed by atoms with van der Waals surface area (Å²) in [5, 5.41) is 11.6. The third-order valence-electron chi connectivity index (χ3n) is 4.06. The lowest BCUT2D eigenvalue weighted by Gasteiger charge is -2.24. The van der Waals surface area contributed by atoms with E-state index in [1.807, 2.05) is 19.0 Å². The lowest BCUT2D eigenvalue weighted by atomic mass is 10.1. The Bertz CT molecular complexity index is 755. The molecule has 1 fully saturated rings. The molecule has 0 aromatic carbocycles.